The van der Waals surface area contributed by atoms with Crippen molar-refractivity contribution in [2.24, 2.45) is 0 Å². The van der Waals surface area contributed by atoms with E-state index in [1.807, 2.05) is 12.1 Å². The maximum atomic E-state index is 13.0. The molecule has 0 saturated carbocycles. The summed E-state index contributed by atoms with van der Waals surface area (Å²) in [5.41, 5.74) is 1.49. The molecule has 110 valence electrons. The Morgan fingerprint density at radius 1 is 1.00 bits per heavy atom. The lowest BCUT2D eigenvalue weighted by molar-refractivity contribution is -0.116. The Morgan fingerprint density at radius 2 is 1.62 bits per heavy atom. The highest BCUT2D eigenvalue weighted by Gasteiger charge is 2.02. The second-order valence-corrected chi connectivity index (χ2v) is 4.91. The van der Waals surface area contributed by atoms with Crippen molar-refractivity contribution < 1.29 is 18.3 Å². The van der Waals surface area contributed by atoms with Crippen molar-refractivity contribution in [3.05, 3.63) is 65.2 Å². The van der Waals surface area contributed by atoms with E-state index < -0.39 is 11.6 Å². The Morgan fingerprint density at radius 3 is 2.19 bits per heavy atom. The van der Waals surface area contributed by atoms with Crippen LogP contribution in [0.15, 0.2) is 42.5 Å². The average Bonchev–Trinajstić information content (AvgIpc) is 2.43. The number of Topliss-reactive ketones (excluding diaryl/α,β-unsaturated/α-hetero) is 1. The third kappa shape index (κ3) is 4.99. The van der Waals surface area contributed by atoms with Crippen molar-refractivity contribution in [3.8, 4) is 5.75 Å². The number of hydrogen-bond acceptors (Lipinski definition) is 2. The Labute approximate surface area is 122 Å². The van der Waals surface area contributed by atoms with E-state index in [2.05, 4.69) is 0 Å². The summed E-state index contributed by atoms with van der Waals surface area (Å²) >= 11 is 0. The molecule has 0 N–H and O–H groups in total. The van der Waals surface area contributed by atoms with Gasteiger partial charge in [0.15, 0.2) is 0 Å². The molecule has 0 aliphatic carbocycles. The lowest BCUT2D eigenvalue weighted by atomic mass is 10.1. The number of halogens is 2. The topological polar surface area (TPSA) is 26.3 Å². The van der Waals surface area contributed by atoms with E-state index in [0.29, 0.717) is 24.2 Å². The molecule has 0 spiro atoms. The van der Waals surface area contributed by atoms with Gasteiger partial charge in [0.05, 0.1) is 0 Å². The van der Waals surface area contributed by atoms with Crippen molar-refractivity contribution in [1.29, 1.82) is 0 Å². The van der Waals surface area contributed by atoms with Crippen LogP contribution in [-0.2, 0) is 17.8 Å². The van der Waals surface area contributed by atoms with Crippen molar-refractivity contribution in [2.45, 2.75) is 26.4 Å². The molecule has 0 aliphatic heterocycles. The van der Waals surface area contributed by atoms with E-state index in [-0.39, 0.29) is 12.4 Å². The molecule has 0 unspecified atom stereocenters. The molecule has 4 heteroatoms. The molecule has 0 amide bonds. The second kappa shape index (κ2) is 6.97. The number of benzene rings is 2. The van der Waals surface area contributed by atoms with Crippen LogP contribution in [0.4, 0.5) is 8.78 Å². The summed E-state index contributed by atoms with van der Waals surface area (Å²) in [6, 6.07) is 10.6. The third-order valence-corrected chi connectivity index (χ3v) is 3.02. The van der Waals surface area contributed by atoms with Gasteiger partial charge in [0.25, 0.3) is 0 Å². The minimum Gasteiger partial charge on any atom is -0.489 e. The molecule has 2 aromatic carbocycles. The van der Waals surface area contributed by atoms with Crippen LogP contribution in [-0.4, -0.2) is 5.78 Å². The summed E-state index contributed by atoms with van der Waals surface area (Å²) in [6.07, 6.45) is 1.22. The molecule has 0 aliphatic rings. The van der Waals surface area contributed by atoms with E-state index in [9.17, 15) is 13.6 Å². The van der Waals surface area contributed by atoms with Crippen LogP contribution in [0.3, 0.4) is 0 Å². The molecule has 0 atom stereocenters. The van der Waals surface area contributed by atoms with Crippen LogP contribution in [0.1, 0.15) is 24.5 Å². The lowest BCUT2D eigenvalue weighted by Crippen LogP contribution is -1.98. The van der Waals surface area contributed by atoms with Crippen LogP contribution in [0, 0.1) is 11.6 Å². The summed E-state index contributed by atoms with van der Waals surface area (Å²) in [5, 5.41) is 0. The maximum Gasteiger partial charge on any atom is 0.130 e. The van der Waals surface area contributed by atoms with Gasteiger partial charge in [-0.2, -0.15) is 0 Å². The average molecular weight is 290 g/mol. The van der Waals surface area contributed by atoms with E-state index in [4.69, 9.17) is 4.74 Å². The van der Waals surface area contributed by atoms with Gasteiger partial charge in [0.1, 0.15) is 29.8 Å². The number of ketones is 1. The highest BCUT2D eigenvalue weighted by Crippen LogP contribution is 2.16. The standard InChI is InChI=1S/C17H16F2O2/c1-12(20)2-3-13-4-6-17(7-5-13)21-11-14-8-15(18)10-16(19)9-14/h4-10H,2-3,11H2,1H3. The van der Waals surface area contributed by atoms with Gasteiger partial charge in [-0.25, -0.2) is 8.78 Å². The van der Waals surface area contributed by atoms with Gasteiger partial charge in [-0.15, -0.1) is 0 Å². The van der Waals surface area contributed by atoms with Gasteiger partial charge in [-0.1, -0.05) is 12.1 Å². The third-order valence-electron chi connectivity index (χ3n) is 3.02. The Balaban J connectivity index is 1.92. The Bertz CT molecular complexity index is 601. The predicted molar refractivity (Wildman–Crippen MR) is 76.1 cm³/mol. The van der Waals surface area contributed by atoms with Crippen molar-refractivity contribution in [2.75, 3.05) is 0 Å². The molecule has 2 rings (SSSR count). The lowest BCUT2D eigenvalue weighted by Gasteiger charge is -2.07. The van der Waals surface area contributed by atoms with Crippen LogP contribution in [0.5, 0.6) is 5.75 Å². The molecular formula is C17H16F2O2. The van der Waals surface area contributed by atoms with E-state index in [1.54, 1.807) is 19.1 Å². The zero-order valence-electron chi connectivity index (χ0n) is 11.7. The van der Waals surface area contributed by atoms with Gasteiger partial charge in [0, 0.05) is 12.5 Å². The molecule has 21 heavy (non-hydrogen) atoms. The molecule has 0 saturated heterocycles. The quantitative estimate of drug-likeness (QED) is 0.801. The van der Waals surface area contributed by atoms with E-state index in [0.717, 1.165) is 11.6 Å². The van der Waals surface area contributed by atoms with E-state index in [1.165, 1.54) is 12.1 Å². The molecule has 0 fully saturated rings. The normalized spacial score (nSPS) is 10.4. The van der Waals surface area contributed by atoms with Crippen LogP contribution >= 0.6 is 0 Å². The van der Waals surface area contributed by atoms with Gasteiger partial charge in [-0.05, 0) is 48.7 Å². The number of carbonyl (C=O) groups excluding carboxylic acids is 1. The number of hydrogen-bond donors (Lipinski definition) is 0. The minimum atomic E-state index is -0.617. The van der Waals surface area contributed by atoms with Crippen LogP contribution in [0.25, 0.3) is 0 Å². The first kappa shape index (κ1) is 15.2. The fourth-order valence-corrected chi connectivity index (χ4v) is 1.93. The van der Waals surface area contributed by atoms with Crippen molar-refractivity contribution in [1.82, 2.24) is 0 Å². The molecule has 0 aromatic heterocycles. The predicted octanol–water partition coefficient (Wildman–Crippen LogP) is 4.07. The molecular weight excluding hydrogens is 274 g/mol. The first-order valence-corrected chi connectivity index (χ1v) is 6.69. The van der Waals surface area contributed by atoms with Gasteiger partial charge >= 0.3 is 0 Å². The highest BCUT2D eigenvalue weighted by molar-refractivity contribution is 5.75. The molecule has 0 radical (unpaired) electrons. The minimum absolute atomic E-state index is 0.0987. The van der Waals surface area contributed by atoms with E-state index >= 15 is 0 Å². The summed E-state index contributed by atoms with van der Waals surface area (Å²) < 4.78 is 31.5. The fourth-order valence-electron chi connectivity index (χ4n) is 1.93. The Hall–Kier alpha value is -2.23. The SMILES string of the molecule is CC(=O)CCc1ccc(OCc2cc(F)cc(F)c2)cc1. The molecule has 0 heterocycles. The second-order valence-electron chi connectivity index (χ2n) is 4.91. The maximum absolute atomic E-state index is 13.0. The smallest absolute Gasteiger partial charge is 0.130 e. The van der Waals surface area contributed by atoms with Gasteiger partial charge in [0.2, 0.25) is 0 Å². The Kier molecular flexibility index (Phi) is 5.04. The van der Waals surface area contributed by atoms with Crippen LogP contribution in [0.2, 0.25) is 0 Å². The summed E-state index contributed by atoms with van der Waals surface area (Å²) in [4.78, 5) is 10.9. The van der Waals surface area contributed by atoms with Gasteiger partial charge in [-0.3, -0.25) is 0 Å². The summed E-state index contributed by atoms with van der Waals surface area (Å²) in [7, 11) is 0. The first-order valence-electron chi connectivity index (χ1n) is 6.69. The zero-order chi connectivity index (χ0) is 15.2. The monoisotopic (exact) mass is 290 g/mol. The highest BCUT2D eigenvalue weighted by atomic mass is 19.1. The number of rotatable bonds is 6. The first-order chi connectivity index (χ1) is 10.0. The largest absolute Gasteiger partial charge is 0.489 e. The fraction of sp³-hybridized carbons (Fsp3) is 0.235. The number of aryl methyl sites for hydroxylation is 1. The van der Waals surface area contributed by atoms with Crippen LogP contribution < -0.4 is 4.74 Å². The van der Waals surface area contributed by atoms with Crippen molar-refractivity contribution >= 4 is 5.78 Å². The molecule has 0 bridgehead atoms. The number of carbonyl (C=O) groups is 1. The van der Waals surface area contributed by atoms with Crippen molar-refractivity contribution in [3.63, 3.8) is 0 Å². The van der Waals surface area contributed by atoms with Gasteiger partial charge < -0.3 is 9.53 Å². The summed E-state index contributed by atoms with van der Waals surface area (Å²) in [6.45, 7) is 1.66. The zero-order valence-corrected chi connectivity index (χ0v) is 11.7. The molecule has 2 nitrogen and oxygen atoms in total. The molecule has 2 aromatic rings. The number of ether oxygens (including phenoxy) is 1. The summed E-state index contributed by atoms with van der Waals surface area (Å²) in [5.74, 6) is -0.462.